The maximum atomic E-state index is 14.1. The number of halogens is 1. The smallest absolute Gasteiger partial charge is 0.157 e. The van der Waals surface area contributed by atoms with Crippen LogP contribution in [0.15, 0.2) is 42.5 Å². The van der Waals surface area contributed by atoms with E-state index in [4.69, 9.17) is 4.74 Å². The number of aliphatic hydroxyl groups excluding tert-OH is 3. The van der Waals surface area contributed by atoms with E-state index in [2.05, 4.69) is 37.3 Å². The van der Waals surface area contributed by atoms with Crippen molar-refractivity contribution in [3.05, 3.63) is 70.3 Å². The molecular weight excluding hydrogens is 383 g/mol. The second-order valence-corrected chi connectivity index (χ2v) is 8.73. The third kappa shape index (κ3) is 4.59. The van der Waals surface area contributed by atoms with Gasteiger partial charge >= 0.3 is 0 Å². The van der Waals surface area contributed by atoms with Crippen LogP contribution in [0.2, 0.25) is 0 Å². The van der Waals surface area contributed by atoms with Crippen LogP contribution >= 0.6 is 0 Å². The third-order valence-electron chi connectivity index (χ3n) is 6.43. The molecule has 4 nitrogen and oxygen atoms in total. The van der Waals surface area contributed by atoms with Crippen LogP contribution in [-0.4, -0.2) is 46.4 Å². The van der Waals surface area contributed by atoms with Gasteiger partial charge in [0.1, 0.15) is 24.4 Å². The molecule has 0 aromatic heterocycles. The highest BCUT2D eigenvalue weighted by Gasteiger charge is 2.45. The Morgan fingerprint density at radius 1 is 0.967 bits per heavy atom. The lowest BCUT2D eigenvalue weighted by atomic mass is 9.88. The molecular formula is C25H31FO4. The molecule has 2 aromatic carbocycles. The molecule has 1 saturated carbocycles. The second kappa shape index (κ2) is 9.15. The number of benzene rings is 2. The van der Waals surface area contributed by atoms with Crippen molar-refractivity contribution in [2.45, 2.75) is 69.6 Å². The monoisotopic (exact) mass is 414 g/mol. The Bertz CT molecular complexity index is 847. The molecule has 0 spiro atoms. The fourth-order valence-corrected chi connectivity index (χ4v) is 4.28. The van der Waals surface area contributed by atoms with E-state index in [-0.39, 0.29) is 0 Å². The normalized spacial score (nSPS) is 29.2. The van der Waals surface area contributed by atoms with Crippen LogP contribution in [-0.2, 0) is 24.0 Å². The molecule has 1 heterocycles. The Morgan fingerprint density at radius 2 is 1.67 bits per heavy atom. The standard InChI is InChI=1S/C25H31FO4/c1-2-15-3-5-17(6-4-15)12-20-13-19(10-9-18(20)11-16-7-8-16)25-24(29)23(28)22(26)21(14-27)30-25/h3-6,9-10,13,16,21-25,27-29H,2,7-8,11-12,14H2,1H3. The van der Waals surface area contributed by atoms with Crippen molar-refractivity contribution < 1.29 is 24.4 Å². The zero-order valence-electron chi connectivity index (χ0n) is 17.4. The van der Waals surface area contributed by atoms with Crippen LogP contribution < -0.4 is 0 Å². The van der Waals surface area contributed by atoms with E-state index in [0.717, 1.165) is 30.7 Å². The van der Waals surface area contributed by atoms with Gasteiger partial charge in [-0.15, -0.1) is 0 Å². The molecule has 2 aliphatic rings. The van der Waals surface area contributed by atoms with Gasteiger partial charge < -0.3 is 20.1 Å². The molecule has 3 N–H and O–H groups in total. The maximum Gasteiger partial charge on any atom is 0.157 e. The molecule has 5 unspecified atom stereocenters. The molecule has 1 aliphatic carbocycles. The average Bonchev–Trinajstić information content (AvgIpc) is 3.58. The highest BCUT2D eigenvalue weighted by Crippen LogP contribution is 2.37. The summed E-state index contributed by atoms with van der Waals surface area (Å²) in [7, 11) is 0. The molecule has 30 heavy (non-hydrogen) atoms. The van der Waals surface area contributed by atoms with Crippen molar-refractivity contribution in [3.8, 4) is 0 Å². The first kappa shape index (κ1) is 21.4. The van der Waals surface area contributed by atoms with E-state index in [0.29, 0.717) is 5.56 Å². The number of aliphatic hydroxyl groups is 3. The van der Waals surface area contributed by atoms with E-state index in [1.165, 1.54) is 29.5 Å². The van der Waals surface area contributed by atoms with Gasteiger partial charge in [-0.05, 0) is 65.8 Å². The third-order valence-corrected chi connectivity index (χ3v) is 6.43. The van der Waals surface area contributed by atoms with E-state index in [9.17, 15) is 19.7 Å². The van der Waals surface area contributed by atoms with Crippen LogP contribution in [0.4, 0.5) is 4.39 Å². The van der Waals surface area contributed by atoms with Crippen LogP contribution in [0.25, 0.3) is 0 Å². The molecule has 0 radical (unpaired) electrons. The summed E-state index contributed by atoms with van der Waals surface area (Å²) in [5.74, 6) is 0.737. The number of aryl methyl sites for hydroxylation is 1. The molecule has 162 valence electrons. The Labute approximate surface area is 177 Å². The second-order valence-electron chi connectivity index (χ2n) is 8.73. The van der Waals surface area contributed by atoms with Gasteiger partial charge in [-0.2, -0.15) is 0 Å². The molecule has 0 amide bonds. The molecule has 2 aromatic rings. The molecule has 4 rings (SSSR count). The number of ether oxygens (including phenoxy) is 1. The van der Waals surface area contributed by atoms with Gasteiger partial charge in [-0.1, -0.05) is 49.4 Å². The highest BCUT2D eigenvalue weighted by atomic mass is 19.1. The SMILES string of the molecule is CCc1ccc(Cc2cc(C3OC(CO)C(F)C(O)C3O)ccc2CC2CC2)cc1. The predicted molar refractivity (Wildman–Crippen MR) is 113 cm³/mol. The fourth-order valence-electron chi connectivity index (χ4n) is 4.28. The van der Waals surface area contributed by atoms with Crippen LogP contribution in [0.1, 0.15) is 53.7 Å². The predicted octanol–water partition coefficient (Wildman–Crippen LogP) is 3.28. The van der Waals surface area contributed by atoms with Crippen molar-refractivity contribution in [1.29, 1.82) is 0 Å². The van der Waals surface area contributed by atoms with Gasteiger partial charge in [0.15, 0.2) is 6.17 Å². The summed E-state index contributed by atoms with van der Waals surface area (Å²) < 4.78 is 19.8. The Hall–Kier alpha value is -1.79. The number of rotatable bonds is 7. The molecule has 1 saturated heterocycles. The molecule has 2 fully saturated rings. The molecule has 1 aliphatic heterocycles. The summed E-state index contributed by atoms with van der Waals surface area (Å²) >= 11 is 0. The van der Waals surface area contributed by atoms with Gasteiger partial charge in [0, 0.05) is 0 Å². The Balaban J connectivity index is 1.63. The van der Waals surface area contributed by atoms with Crippen molar-refractivity contribution in [2.75, 3.05) is 6.61 Å². The average molecular weight is 415 g/mol. The van der Waals surface area contributed by atoms with Gasteiger partial charge in [0.05, 0.1) is 6.61 Å². The minimum absolute atomic E-state index is 0.544. The maximum absolute atomic E-state index is 14.1. The van der Waals surface area contributed by atoms with E-state index >= 15 is 0 Å². The number of hydrogen-bond donors (Lipinski definition) is 3. The van der Waals surface area contributed by atoms with Crippen LogP contribution in [0, 0.1) is 5.92 Å². The van der Waals surface area contributed by atoms with Crippen molar-refractivity contribution in [3.63, 3.8) is 0 Å². The lowest BCUT2D eigenvalue weighted by Gasteiger charge is -2.39. The van der Waals surface area contributed by atoms with Crippen molar-refractivity contribution >= 4 is 0 Å². The minimum atomic E-state index is -1.81. The first-order valence-electron chi connectivity index (χ1n) is 11.0. The summed E-state index contributed by atoms with van der Waals surface area (Å²) in [5, 5.41) is 30.0. The van der Waals surface area contributed by atoms with Crippen molar-refractivity contribution in [2.24, 2.45) is 5.92 Å². The van der Waals surface area contributed by atoms with E-state index in [1.54, 1.807) is 0 Å². The van der Waals surface area contributed by atoms with Crippen LogP contribution in [0.3, 0.4) is 0 Å². The van der Waals surface area contributed by atoms with Gasteiger partial charge in [0.2, 0.25) is 0 Å². The summed E-state index contributed by atoms with van der Waals surface area (Å²) in [6.07, 6.45) is -1.48. The summed E-state index contributed by atoms with van der Waals surface area (Å²) in [6.45, 7) is 1.59. The zero-order valence-corrected chi connectivity index (χ0v) is 17.4. The summed E-state index contributed by atoms with van der Waals surface area (Å²) in [4.78, 5) is 0. The van der Waals surface area contributed by atoms with Gasteiger partial charge in [-0.3, -0.25) is 0 Å². The van der Waals surface area contributed by atoms with Crippen LogP contribution in [0.5, 0.6) is 0 Å². The number of hydrogen-bond acceptors (Lipinski definition) is 4. The first-order chi connectivity index (χ1) is 14.5. The Morgan fingerprint density at radius 3 is 2.30 bits per heavy atom. The van der Waals surface area contributed by atoms with Gasteiger partial charge in [-0.25, -0.2) is 4.39 Å². The Kier molecular flexibility index (Phi) is 6.54. The lowest BCUT2D eigenvalue weighted by Crippen LogP contribution is -2.53. The highest BCUT2D eigenvalue weighted by molar-refractivity contribution is 5.39. The summed E-state index contributed by atoms with van der Waals surface area (Å²) in [6, 6.07) is 14.6. The largest absolute Gasteiger partial charge is 0.394 e. The first-order valence-corrected chi connectivity index (χ1v) is 11.0. The zero-order chi connectivity index (χ0) is 21.3. The van der Waals surface area contributed by atoms with E-state index in [1.807, 2.05) is 12.1 Å². The molecule has 5 heteroatoms. The fraction of sp³-hybridized carbons (Fsp3) is 0.520. The molecule has 0 bridgehead atoms. The lowest BCUT2D eigenvalue weighted by molar-refractivity contribution is -0.214. The quantitative estimate of drug-likeness (QED) is 0.650. The topological polar surface area (TPSA) is 69.9 Å². The molecule has 5 atom stereocenters. The van der Waals surface area contributed by atoms with E-state index < -0.39 is 37.2 Å². The summed E-state index contributed by atoms with van der Waals surface area (Å²) in [5.41, 5.74) is 5.66. The van der Waals surface area contributed by atoms with Gasteiger partial charge in [0.25, 0.3) is 0 Å². The minimum Gasteiger partial charge on any atom is -0.394 e. The van der Waals surface area contributed by atoms with Crippen molar-refractivity contribution in [1.82, 2.24) is 0 Å². The number of alkyl halides is 1.